The third-order valence-electron chi connectivity index (χ3n) is 8.68. The number of aromatic nitrogens is 1. The van der Waals surface area contributed by atoms with Gasteiger partial charge in [-0.1, -0.05) is 67.7 Å². The molecule has 0 bridgehead atoms. The van der Waals surface area contributed by atoms with Crippen molar-refractivity contribution in [1.29, 1.82) is 5.26 Å². The quantitative estimate of drug-likeness (QED) is 0.173. The van der Waals surface area contributed by atoms with Gasteiger partial charge in [0.2, 0.25) is 11.9 Å². The maximum Gasteiger partial charge on any atom is 0.216 e. The minimum absolute atomic E-state index is 0.244. The zero-order chi connectivity index (χ0) is 27.9. The summed E-state index contributed by atoms with van der Waals surface area (Å²) in [6.07, 6.45) is 1.51. The Morgan fingerprint density at radius 1 is 0.800 bits per heavy atom. The molecule has 0 N–H and O–H groups in total. The zero-order valence-corrected chi connectivity index (χ0v) is 24.2. The molecule has 2 aromatic heterocycles. The van der Waals surface area contributed by atoms with Gasteiger partial charge in [0.05, 0.1) is 17.2 Å². The summed E-state index contributed by atoms with van der Waals surface area (Å²) in [7, 11) is -0.0431. The molecule has 4 aromatic carbocycles. The Morgan fingerprint density at radius 3 is 2.27 bits per heavy atom. The van der Waals surface area contributed by atoms with Gasteiger partial charge in [0.15, 0.2) is 5.82 Å². The summed E-state index contributed by atoms with van der Waals surface area (Å²) in [5.41, 5.74) is 9.91. The van der Waals surface area contributed by atoms with Crippen molar-refractivity contribution in [2.24, 2.45) is 7.05 Å². The van der Waals surface area contributed by atoms with Crippen molar-refractivity contribution in [3.8, 4) is 39.6 Å². The molecule has 0 atom stereocenters. The maximum atomic E-state index is 14.3. The fourth-order valence-corrected chi connectivity index (χ4v) is 9.63. The highest BCUT2D eigenvalue weighted by Gasteiger charge is 2.37. The van der Waals surface area contributed by atoms with Crippen LogP contribution in [0.2, 0.25) is 13.1 Å². The molecule has 3 nitrogen and oxygen atoms in total. The highest BCUT2D eigenvalue weighted by atomic mass is 28.3. The second kappa shape index (κ2) is 8.48. The molecule has 194 valence electrons. The number of furan rings is 1. The first-order chi connectivity index (χ1) is 19.2. The molecule has 0 amide bonds. The van der Waals surface area contributed by atoms with Crippen LogP contribution in [0, 0.1) is 31.0 Å². The third kappa shape index (κ3) is 3.30. The average molecular weight is 540 g/mol. The lowest BCUT2D eigenvalue weighted by Gasteiger charge is -2.19. The molecule has 0 spiro atoms. The topological polar surface area (TPSA) is 40.8 Å². The van der Waals surface area contributed by atoms with Gasteiger partial charge in [0, 0.05) is 22.4 Å². The fourth-order valence-electron chi connectivity index (χ4n) is 6.53. The zero-order valence-electron chi connectivity index (χ0n) is 23.2. The first-order valence-corrected chi connectivity index (χ1v) is 16.5. The summed E-state index contributed by atoms with van der Waals surface area (Å²) in [6, 6.07) is 27.7. The smallest absolute Gasteiger partial charge is 0.216 e. The van der Waals surface area contributed by atoms with Gasteiger partial charge in [-0.2, -0.15) is 9.83 Å². The van der Waals surface area contributed by atoms with E-state index >= 15 is 0 Å². The number of hydrogen-bond donors (Lipinski definition) is 0. The minimum Gasteiger partial charge on any atom is -0.454 e. The molecule has 6 aromatic rings. The number of benzene rings is 4. The van der Waals surface area contributed by atoms with E-state index in [2.05, 4.69) is 73.8 Å². The molecule has 3 heterocycles. The van der Waals surface area contributed by atoms with Gasteiger partial charge >= 0.3 is 0 Å². The number of halogens is 1. The number of aryl methyl sites for hydroxylation is 3. The molecule has 5 heteroatoms. The van der Waals surface area contributed by atoms with Crippen molar-refractivity contribution in [2.75, 3.05) is 0 Å². The van der Waals surface area contributed by atoms with Gasteiger partial charge in [-0.15, -0.1) is 0 Å². The van der Waals surface area contributed by atoms with Crippen LogP contribution in [0.15, 0.2) is 83.4 Å². The minimum atomic E-state index is -1.90. The molecule has 40 heavy (non-hydrogen) atoms. The molecule has 0 saturated carbocycles. The van der Waals surface area contributed by atoms with E-state index in [-0.39, 0.29) is 5.82 Å². The lowest BCUT2D eigenvalue weighted by atomic mass is 9.94. The summed E-state index contributed by atoms with van der Waals surface area (Å²) in [4.78, 5) is 0. The standard InChI is InChI=1S/C35H28FN2OSi/c1-20-10-13-26-27-15-12-23(18-37)33(35(27)39-34(26)32(20)29-16-21(2)28(36)19-38(29)3)22-11-14-25-24-8-6-7-9-30(24)40(4,5)31(25)17-22/h6-17,19H,1-5H3/q+1. The molecule has 7 rings (SSSR count). The van der Waals surface area contributed by atoms with Gasteiger partial charge in [-0.05, 0) is 64.2 Å². The predicted octanol–water partition coefficient (Wildman–Crippen LogP) is 7.18. The number of nitrogens with zero attached hydrogens (tertiary/aromatic N) is 2. The van der Waals surface area contributed by atoms with Crippen molar-refractivity contribution in [1.82, 2.24) is 0 Å². The second-order valence-corrected chi connectivity index (χ2v) is 15.8. The summed E-state index contributed by atoms with van der Waals surface area (Å²) < 4.78 is 22.9. The normalized spacial score (nSPS) is 13.4. The van der Waals surface area contributed by atoms with Crippen molar-refractivity contribution < 1.29 is 13.4 Å². The predicted molar refractivity (Wildman–Crippen MR) is 162 cm³/mol. The number of pyridine rings is 1. The van der Waals surface area contributed by atoms with Crippen LogP contribution in [0.3, 0.4) is 0 Å². The SMILES string of the molecule is Cc1cc(-c2c(C)ccc3c2oc2c(-c4ccc5c(c4)[Si](C)(C)c4ccccc4-5)c(C#N)ccc23)[n+](C)cc1F. The largest absolute Gasteiger partial charge is 0.454 e. The van der Waals surface area contributed by atoms with Crippen molar-refractivity contribution >= 4 is 40.4 Å². The Labute approximate surface area is 233 Å². The summed E-state index contributed by atoms with van der Waals surface area (Å²) >= 11 is 0. The highest BCUT2D eigenvalue weighted by Crippen LogP contribution is 2.42. The number of hydrogen-bond acceptors (Lipinski definition) is 2. The third-order valence-corrected chi connectivity index (χ3v) is 12.2. The van der Waals surface area contributed by atoms with Crippen LogP contribution in [0.1, 0.15) is 16.7 Å². The molecular weight excluding hydrogens is 511 g/mol. The van der Waals surface area contributed by atoms with Crippen LogP contribution in [-0.2, 0) is 7.05 Å². The van der Waals surface area contributed by atoms with E-state index in [1.807, 2.05) is 36.7 Å². The maximum absolute atomic E-state index is 14.3. The van der Waals surface area contributed by atoms with E-state index in [0.717, 1.165) is 44.3 Å². The molecular formula is C35H28FN2OSi+. The summed E-state index contributed by atoms with van der Waals surface area (Å²) in [6.45, 7) is 8.62. The van der Waals surface area contributed by atoms with Crippen LogP contribution < -0.4 is 14.9 Å². The van der Waals surface area contributed by atoms with Gasteiger partial charge in [0.1, 0.15) is 26.3 Å². The van der Waals surface area contributed by atoms with Crippen LogP contribution in [0.25, 0.3) is 55.4 Å². The lowest BCUT2D eigenvalue weighted by molar-refractivity contribution is -0.662. The number of fused-ring (bicyclic) bond motifs is 6. The lowest BCUT2D eigenvalue weighted by Crippen LogP contribution is -2.49. The van der Waals surface area contributed by atoms with Gasteiger partial charge < -0.3 is 4.42 Å². The Morgan fingerprint density at radius 2 is 1.50 bits per heavy atom. The van der Waals surface area contributed by atoms with E-state index < -0.39 is 8.07 Å². The van der Waals surface area contributed by atoms with Gasteiger partial charge in [0.25, 0.3) is 0 Å². The van der Waals surface area contributed by atoms with Crippen molar-refractivity contribution in [2.45, 2.75) is 26.9 Å². The molecule has 1 aliphatic heterocycles. The van der Waals surface area contributed by atoms with E-state index in [9.17, 15) is 9.65 Å². The van der Waals surface area contributed by atoms with Crippen LogP contribution in [-0.4, -0.2) is 8.07 Å². The number of nitriles is 1. The summed E-state index contributed by atoms with van der Waals surface area (Å²) in [5.74, 6) is -0.244. The molecule has 0 saturated heterocycles. The van der Waals surface area contributed by atoms with Gasteiger partial charge in [-0.25, -0.2) is 4.39 Å². The van der Waals surface area contributed by atoms with E-state index in [1.165, 1.54) is 27.7 Å². The van der Waals surface area contributed by atoms with Crippen LogP contribution >= 0.6 is 0 Å². The van der Waals surface area contributed by atoms with Crippen LogP contribution in [0.5, 0.6) is 0 Å². The summed E-state index contributed by atoms with van der Waals surface area (Å²) in [5, 5.41) is 15.0. The Hall–Kier alpha value is -4.53. The second-order valence-electron chi connectivity index (χ2n) is 11.4. The van der Waals surface area contributed by atoms with E-state index in [4.69, 9.17) is 4.42 Å². The average Bonchev–Trinajstić information content (AvgIpc) is 3.43. The highest BCUT2D eigenvalue weighted by molar-refractivity contribution is 7.03. The number of rotatable bonds is 2. The first kappa shape index (κ1) is 24.5. The van der Waals surface area contributed by atoms with E-state index in [0.29, 0.717) is 16.7 Å². The first-order valence-electron chi connectivity index (χ1n) is 13.5. The Balaban J connectivity index is 1.52. The molecule has 0 unspecified atom stereocenters. The fraction of sp³-hybridized carbons (Fsp3) is 0.143. The van der Waals surface area contributed by atoms with E-state index in [1.54, 1.807) is 6.92 Å². The van der Waals surface area contributed by atoms with Gasteiger partial charge in [-0.3, -0.25) is 0 Å². The molecule has 0 fully saturated rings. The van der Waals surface area contributed by atoms with Crippen molar-refractivity contribution in [3.63, 3.8) is 0 Å². The molecule has 0 radical (unpaired) electrons. The molecule has 1 aliphatic rings. The Kier molecular flexibility index (Phi) is 5.20. The molecule has 0 aliphatic carbocycles. The monoisotopic (exact) mass is 539 g/mol. The van der Waals surface area contributed by atoms with Crippen LogP contribution in [0.4, 0.5) is 4.39 Å². The van der Waals surface area contributed by atoms with Crippen molar-refractivity contribution in [3.05, 3.63) is 102 Å². The Bertz CT molecular complexity index is 2100.